The molecular formula is C17H27N3. The number of hydrogen-bond donors (Lipinski definition) is 2. The normalized spacial score (nSPS) is 38.6. The highest BCUT2D eigenvalue weighted by atomic mass is 15.0. The monoisotopic (exact) mass is 273 g/mol. The van der Waals surface area contributed by atoms with Crippen molar-refractivity contribution in [3.63, 3.8) is 0 Å². The number of nitrogens with zero attached hydrogens (tertiary/aromatic N) is 1. The molecule has 0 aromatic carbocycles. The van der Waals surface area contributed by atoms with Gasteiger partial charge in [0.25, 0.3) is 0 Å². The first-order valence-electron chi connectivity index (χ1n) is 8.23. The molecule has 4 bridgehead atoms. The van der Waals surface area contributed by atoms with E-state index < -0.39 is 0 Å². The van der Waals surface area contributed by atoms with Crippen LogP contribution in [0.5, 0.6) is 0 Å². The summed E-state index contributed by atoms with van der Waals surface area (Å²) in [6, 6.07) is 0. The van der Waals surface area contributed by atoms with Gasteiger partial charge in [0.1, 0.15) is 0 Å². The quantitative estimate of drug-likeness (QED) is 0.870. The molecule has 4 N–H and O–H groups in total. The molecule has 0 amide bonds. The minimum Gasteiger partial charge on any atom is -0.397 e. The van der Waals surface area contributed by atoms with Gasteiger partial charge in [-0.25, -0.2) is 0 Å². The Bertz CT molecular complexity index is 515. The van der Waals surface area contributed by atoms with Crippen molar-refractivity contribution in [2.45, 2.75) is 51.5 Å². The molecule has 1 aromatic heterocycles. The van der Waals surface area contributed by atoms with Gasteiger partial charge < -0.3 is 16.0 Å². The molecule has 0 saturated heterocycles. The molecule has 3 heteroatoms. The molecule has 0 atom stereocenters. The topological polar surface area (TPSA) is 57.0 Å². The first kappa shape index (κ1) is 12.8. The van der Waals surface area contributed by atoms with E-state index in [0.717, 1.165) is 29.4 Å². The number of anilines is 1. The molecule has 0 radical (unpaired) electrons. The van der Waals surface area contributed by atoms with E-state index >= 15 is 0 Å². The highest BCUT2D eigenvalue weighted by molar-refractivity contribution is 5.57. The molecule has 110 valence electrons. The molecular weight excluding hydrogens is 246 g/mol. The lowest BCUT2D eigenvalue weighted by atomic mass is 9.51. The van der Waals surface area contributed by atoms with Crippen molar-refractivity contribution in [3.05, 3.63) is 17.0 Å². The molecule has 20 heavy (non-hydrogen) atoms. The smallest absolute Gasteiger partial charge is 0.0578 e. The zero-order chi connectivity index (χ0) is 14.0. The maximum Gasteiger partial charge on any atom is 0.0578 e. The van der Waals surface area contributed by atoms with Crippen molar-refractivity contribution >= 4 is 5.69 Å². The van der Waals surface area contributed by atoms with Crippen LogP contribution in [0.15, 0.2) is 0 Å². The van der Waals surface area contributed by atoms with Gasteiger partial charge in [0.05, 0.1) is 5.69 Å². The summed E-state index contributed by atoms with van der Waals surface area (Å²) in [5.41, 5.74) is 17.3. The predicted molar refractivity (Wildman–Crippen MR) is 82.2 cm³/mol. The van der Waals surface area contributed by atoms with E-state index in [9.17, 15) is 0 Å². The Balaban J connectivity index is 1.78. The first-order chi connectivity index (χ1) is 9.60. The van der Waals surface area contributed by atoms with Gasteiger partial charge in [-0.15, -0.1) is 0 Å². The molecule has 0 aliphatic heterocycles. The lowest BCUT2D eigenvalue weighted by molar-refractivity contribution is -0.00480. The fourth-order valence-corrected chi connectivity index (χ4v) is 5.95. The molecule has 1 aromatic rings. The molecule has 0 spiro atoms. The summed E-state index contributed by atoms with van der Waals surface area (Å²) < 4.78 is 2.35. The zero-order valence-electron chi connectivity index (χ0n) is 12.7. The van der Waals surface area contributed by atoms with Crippen LogP contribution in [0.1, 0.15) is 55.0 Å². The van der Waals surface area contributed by atoms with Crippen LogP contribution in [0.2, 0.25) is 0 Å². The molecule has 3 nitrogen and oxygen atoms in total. The van der Waals surface area contributed by atoms with Crippen LogP contribution in [0.4, 0.5) is 5.69 Å². The van der Waals surface area contributed by atoms with Gasteiger partial charge >= 0.3 is 0 Å². The lowest BCUT2D eigenvalue weighted by Gasteiger charge is -2.54. The summed E-state index contributed by atoms with van der Waals surface area (Å²) in [4.78, 5) is 0. The highest BCUT2D eigenvalue weighted by Crippen LogP contribution is 2.60. The van der Waals surface area contributed by atoms with E-state index in [4.69, 9.17) is 11.5 Å². The van der Waals surface area contributed by atoms with Crippen LogP contribution >= 0.6 is 0 Å². The van der Waals surface area contributed by atoms with E-state index in [1.165, 1.54) is 49.1 Å². The van der Waals surface area contributed by atoms with Gasteiger partial charge in [-0.2, -0.15) is 0 Å². The van der Waals surface area contributed by atoms with Gasteiger partial charge in [0, 0.05) is 36.5 Å². The zero-order valence-corrected chi connectivity index (χ0v) is 12.7. The van der Waals surface area contributed by atoms with Crippen LogP contribution < -0.4 is 11.5 Å². The van der Waals surface area contributed by atoms with Crippen molar-refractivity contribution in [1.29, 1.82) is 0 Å². The van der Waals surface area contributed by atoms with Gasteiger partial charge in [-0.3, -0.25) is 0 Å². The van der Waals surface area contributed by atoms with Gasteiger partial charge in [0.2, 0.25) is 0 Å². The molecule has 4 aliphatic rings. The Morgan fingerprint density at radius 2 is 1.60 bits per heavy atom. The van der Waals surface area contributed by atoms with Crippen LogP contribution in [0.3, 0.4) is 0 Å². The van der Waals surface area contributed by atoms with Crippen molar-refractivity contribution in [3.8, 4) is 0 Å². The Labute approximate surface area is 121 Å². The first-order valence-corrected chi connectivity index (χ1v) is 8.23. The lowest BCUT2D eigenvalue weighted by Crippen LogP contribution is -2.44. The predicted octanol–water partition coefficient (Wildman–Crippen LogP) is 2.91. The number of rotatable bonds is 2. The van der Waals surface area contributed by atoms with Gasteiger partial charge in [0.15, 0.2) is 0 Å². The molecule has 5 rings (SSSR count). The van der Waals surface area contributed by atoms with E-state index in [1.54, 1.807) is 0 Å². The Morgan fingerprint density at radius 1 is 1.05 bits per heavy atom. The number of hydrogen-bond acceptors (Lipinski definition) is 2. The molecule has 4 saturated carbocycles. The largest absolute Gasteiger partial charge is 0.397 e. The summed E-state index contributed by atoms with van der Waals surface area (Å²) in [6.07, 6.45) is 7.28. The van der Waals surface area contributed by atoms with Crippen LogP contribution in [0, 0.1) is 30.6 Å². The Hall–Kier alpha value is -0.960. The standard InChI is InChI=1S/C17H27N3/c1-9-14(8-18)16(19)17(20(9)2)15-12-4-10-3-11(6-12)7-13(15)5-10/h10-13,15H,3-8,18-19H2,1-2H3. The van der Waals surface area contributed by atoms with Crippen LogP contribution in [-0.2, 0) is 13.6 Å². The minimum absolute atomic E-state index is 0.568. The third kappa shape index (κ3) is 1.56. The summed E-state index contributed by atoms with van der Waals surface area (Å²) in [6.45, 7) is 2.73. The average Bonchev–Trinajstić information content (AvgIpc) is 2.61. The van der Waals surface area contributed by atoms with Gasteiger partial charge in [-0.05, 0) is 62.7 Å². The van der Waals surface area contributed by atoms with E-state index in [0.29, 0.717) is 12.5 Å². The summed E-state index contributed by atoms with van der Waals surface area (Å²) in [5.74, 6) is 4.50. The second-order valence-corrected chi connectivity index (χ2v) is 7.58. The third-order valence-electron chi connectivity index (χ3n) is 6.65. The Morgan fingerprint density at radius 3 is 2.05 bits per heavy atom. The van der Waals surface area contributed by atoms with Crippen molar-refractivity contribution in [1.82, 2.24) is 4.57 Å². The van der Waals surface area contributed by atoms with E-state index in [-0.39, 0.29) is 0 Å². The van der Waals surface area contributed by atoms with Crippen LogP contribution in [-0.4, -0.2) is 4.57 Å². The fraction of sp³-hybridized carbons (Fsp3) is 0.765. The molecule has 4 aliphatic carbocycles. The van der Waals surface area contributed by atoms with Gasteiger partial charge in [-0.1, -0.05) is 0 Å². The third-order valence-corrected chi connectivity index (χ3v) is 6.65. The molecule has 0 unspecified atom stereocenters. The number of nitrogen functional groups attached to an aromatic ring is 1. The fourth-order valence-electron chi connectivity index (χ4n) is 5.95. The molecule has 1 heterocycles. The SMILES string of the molecule is Cc1c(CN)c(N)c(C2C3CC4CC(C3)CC2C4)n1C. The second-order valence-electron chi connectivity index (χ2n) is 7.58. The van der Waals surface area contributed by atoms with E-state index in [1.807, 2.05) is 0 Å². The Kier molecular flexibility index (Phi) is 2.72. The van der Waals surface area contributed by atoms with Crippen LogP contribution in [0.25, 0.3) is 0 Å². The second kappa shape index (κ2) is 4.27. The summed E-state index contributed by atoms with van der Waals surface area (Å²) in [5, 5.41) is 0. The maximum absolute atomic E-state index is 6.49. The number of nitrogens with two attached hydrogens (primary N) is 2. The van der Waals surface area contributed by atoms with Crippen molar-refractivity contribution < 1.29 is 0 Å². The molecule has 4 fully saturated rings. The number of aromatic nitrogens is 1. The van der Waals surface area contributed by atoms with Crippen molar-refractivity contribution in [2.24, 2.45) is 36.5 Å². The highest BCUT2D eigenvalue weighted by Gasteiger charge is 2.50. The average molecular weight is 273 g/mol. The van der Waals surface area contributed by atoms with Crippen molar-refractivity contribution in [2.75, 3.05) is 5.73 Å². The van der Waals surface area contributed by atoms with E-state index in [2.05, 4.69) is 18.5 Å². The summed E-state index contributed by atoms with van der Waals surface area (Å²) >= 11 is 0. The minimum atomic E-state index is 0.568. The summed E-state index contributed by atoms with van der Waals surface area (Å²) in [7, 11) is 2.19. The maximum atomic E-state index is 6.49.